The largest absolute Gasteiger partial charge is 0.371 e. The molecule has 2 saturated heterocycles. The Morgan fingerprint density at radius 1 is 1.24 bits per heavy atom. The van der Waals surface area contributed by atoms with Crippen LogP contribution in [0.3, 0.4) is 0 Å². The lowest BCUT2D eigenvalue weighted by Gasteiger charge is -2.22. The number of hydrogen-bond donors (Lipinski definition) is 2. The fraction of sp³-hybridized carbons (Fsp3) is 0.562. The average molecular weight is 290 g/mol. The van der Waals surface area contributed by atoms with Crippen molar-refractivity contribution in [3.8, 4) is 0 Å². The fourth-order valence-corrected chi connectivity index (χ4v) is 3.06. The van der Waals surface area contributed by atoms with Gasteiger partial charge in [-0.1, -0.05) is 30.3 Å². The van der Waals surface area contributed by atoms with Gasteiger partial charge in [0.15, 0.2) is 0 Å². The van der Waals surface area contributed by atoms with Gasteiger partial charge >= 0.3 is 0 Å². The highest BCUT2D eigenvalue weighted by atomic mass is 16.5. The van der Waals surface area contributed by atoms with Crippen LogP contribution in [-0.2, 0) is 14.3 Å². The van der Waals surface area contributed by atoms with Crippen LogP contribution in [0.5, 0.6) is 0 Å². The first-order valence-electron chi connectivity index (χ1n) is 7.60. The standard InChI is InChI=1S/C16H22N2O3/c17-10-12-6-7-14(21-12)16(19)18-13-8-9-20-15(13)11-4-2-1-3-5-11/h1-5,12-15H,6-10,17H2,(H,18,19)/t12-,13?,14+,15?/m1/s1. The van der Waals surface area contributed by atoms with E-state index >= 15 is 0 Å². The van der Waals surface area contributed by atoms with E-state index in [1.165, 1.54) is 0 Å². The number of rotatable bonds is 4. The quantitative estimate of drug-likeness (QED) is 0.872. The summed E-state index contributed by atoms with van der Waals surface area (Å²) < 4.78 is 11.4. The number of carbonyl (C=O) groups is 1. The second-order valence-electron chi connectivity index (χ2n) is 5.67. The summed E-state index contributed by atoms with van der Waals surface area (Å²) in [5.74, 6) is -0.0395. The summed E-state index contributed by atoms with van der Waals surface area (Å²) >= 11 is 0. The van der Waals surface area contributed by atoms with E-state index in [0.717, 1.165) is 24.8 Å². The molecule has 5 heteroatoms. The van der Waals surface area contributed by atoms with Gasteiger partial charge in [-0.25, -0.2) is 0 Å². The van der Waals surface area contributed by atoms with Gasteiger partial charge < -0.3 is 20.5 Å². The molecule has 21 heavy (non-hydrogen) atoms. The third kappa shape index (κ3) is 3.26. The maximum absolute atomic E-state index is 12.3. The second kappa shape index (κ2) is 6.56. The topological polar surface area (TPSA) is 73.6 Å². The first-order valence-corrected chi connectivity index (χ1v) is 7.60. The third-order valence-corrected chi connectivity index (χ3v) is 4.21. The SMILES string of the molecule is NC[C@H]1CC[C@@H](C(=O)NC2CCOC2c2ccccc2)O1. The van der Waals surface area contributed by atoms with Gasteiger partial charge in [0.25, 0.3) is 0 Å². The fourth-order valence-electron chi connectivity index (χ4n) is 3.06. The minimum atomic E-state index is -0.365. The van der Waals surface area contributed by atoms with Gasteiger partial charge in [-0.3, -0.25) is 4.79 Å². The van der Waals surface area contributed by atoms with Crippen molar-refractivity contribution in [2.24, 2.45) is 5.73 Å². The maximum Gasteiger partial charge on any atom is 0.249 e. The Morgan fingerprint density at radius 2 is 2.05 bits per heavy atom. The average Bonchev–Trinajstić information content (AvgIpc) is 3.17. The van der Waals surface area contributed by atoms with Crippen molar-refractivity contribution in [1.29, 1.82) is 0 Å². The molecule has 3 N–H and O–H groups in total. The number of hydrogen-bond acceptors (Lipinski definition) is 4. The van der Waals surface area contributed by atoms with Crippen molar-refractivity contribution in [3.05, 3.63) is 35.9 Å². The van der Waals surface area contributed by atoms with Crippen molar-refractivity contribution in [2.75, 3.05) is 13.2 Å². The molecule has 114 valence electrons. The van der Waals surface area contributed by atoms with E-state index < -0.39 is 0 Å². The number of ether oxygens (including phenoxy) is 2. The Kier molecular flexibility index (Phi) is 4.53. The highest BCUT2D eigenvalue weighted by molar-refractivity contribution is 5.81. The summed E-state index contributed by atoms with van der Waals surface area (Å²) in [7, 11) is 0. The molecule has 2 heterocycles. The summed E-state index contributed by atoms with van der Waals surface area (Å²) in [4.78, 5) is 12.3. The van der Waals surface area contributed by atoms with Crippen LogP contribution in [0.1, 0.15) is 30.9 Å². The number of carbonyl (C=O) groups excluding carboxylic acids is 1. The molecular weight excluding hydrogens is 268 g/mol. The number of benzene rings is 1. The van der Waals surface area contributed by atoms with Crippen LogP contribution in [0, 0.1) is 0 Å². The van der Waals surface area contributed by atoms with Crippen LogP contribution in [0.25, 0.3) is 0 Å². The summed E-state index contributed by atoms with van der Waals surface area (Å²) in [5, 5.41) is 3.08. The van der Waals surface area contributed by atoms with Crippen LogP contribution in [0.15, 0.2) is 30.3 Å². The molecule has 1 aromatic rings. The first kappa shape index (κ1) is 14.5. The van der Waals surface area contributed by atoms with Crippen molar-refractivity contribution in [1.82, 2.24) is 5.32 Å². The third-order valence-electron chi connectivity index (χ3n) is 4.21. The lowest BCUT2D eigenvalue weighted by molar-refractivity contribution is -0.133. The van der Waals surface area contributed by atoms with Gasteiger partial charge in [0.1, 0.15) is 12.2 Å². The smallest absolute Gasteiger partial charge is 0.249 e. The molecule has 2 unspecified atom stereocenters. The van der Waals surface area contributed by atoms with Crippen LogP contribution in [0.2, 0.25) is 0 Å². The maximum atomic E-state index is 12.3. The Labute approximate surface area is 124 Å². The monoisotopic (exact) mass is 290 g/mol. The molecule has 4 atom stereocenters. The molecule has 0 radical (unpaired) electrons. The highest BCUT2D eigenvalue weighted by Gasteiger charge is 2.35. The first-order chi connectivity index (χ1) is 10.3. The van der Waals surface area contributed by atoms with Gasteiger partial charge in [0.2, 0.25) is 5.91 Å². The van der Waals surface area contributed by atoms with Crippen LogP contribution >= 0.6 is 0 Å². The van der Waals surface area contributed by atoms with Gasteiger partial charge in [-0.05, 0) is 24.8 Å². The molecule has 2 fully saturated rings. The molecule has 0 spiro atoms. The molecule has 1 aromatic carbocycles. The van der Waals surface area contributed by atoms with Gasteiger partial charge in [0, 0.05) is 13.2 Å². The predicted molar refractivity (Wildman–Crippen MR) is 78.6 cm³/mol. The van der Waals surface area contributed by atoms with Crippen molar-refractivity contribution in [2.45, 2.75) is 43.6 Å². The summed E-state index contributed by atoms with van der Waals surface area (Å²) in [5.41, 5.74) is 6.69. The molecule has 2 aliphatic heterocycles. The normalized spacial score (nSPS) is 32.2. The van der Waals surface area contributed by atoms with Gasteiger partial charge in [-0.2, -0.15) is 0 Å². The molecule has 0 bridgehead atoms. The van der Waals surface area contributed by atoms with E-state index in [4.69, 9.17) is 15.2 Å². The summed E-state index contributed by atoms with van der Waals surface area (Å²) in [6.07, 6.45) is 2.02. The van der Waals surface area contributed by atoms with Crippen molar-refractivity contribution < 1.29 is 14.3 Å². The Bertz CT molecular complexity index is 480. The van der Waals surface area contributed by atoms with Crippen LogP contribution in [-0.4, -0.2) is 37.3 Å². The highest BCUT2D eigenvalue weighted by Crippen LogP contribution is 2.29. The van der Waals surface area contributed by atoms with Gasteiger partial charge in [0.05, 0.1) is 12.1 Å². The van der Waals surface area contributed by atoms with Gasteiger partial charge in [-0.15, -0.1) is 0 Å². The zero-order valence-corrected chi connectivity index (χ0v) is 12.0. The zero-order valence-electron chi connectivity index (χ0n) is 12.0. The number of amides is 1. The molecule has 3 rings (SSSR count). The molecular formula is C16H22N2O3. The zero-order chi connectivity index (χ0) is 14.7. The van der Waals surface area contributed by atoms with Crippen LogP contribution < -0.4 is 11.1 Å². The Morgan fingerprint density at radius 3 is 2.76 bits per heavy atom. The van der Waals surface area contributed by atoms with Crippen molar-refractivity contribution >= 4 is 5.91 Å². The number of nitrogens with one attached hydrogen (secondary N) is 1. The van der Waals surface area contributed by atoms with E-state index in [2.05, 4.69) is 5.32 Å². The van der Waals surface area contributed by atoms with Crippen LogP contribution in [0.4, 0.5) is 0 Å². The lowest BCUT2D eigenvalue weighted by atomic mass is 10.0. The molecule has 0 aromatic heterocycles. The summed E-state index contributed by atoms with van der Waals surface area (Å²) in [6.45, 7) is 1.14. The Balaban J connectivity index is 1.60. The molecule has 0 aliphatic carbocycles. The molecule has 1 amide bonds. The van der Waals surface area contributed by atoms with E-state index in [1.54, 1.807) is 0 Å². The minimum absolute atomic E-state index is 0.0143. The van der Waals surface area contributed by atoms with E-state index in [-0.39, 0.29) is 30.3 Å². The minimum Gasteiger partial charge on any atom is -0.371 e. The van der Waals surface area contributed by atoms with Crippen molar-refractivity contribution in [3.63, 3.8) is 0 Å². The number of nitrogens with two attached hydrogens (primary N) is 1. The Hall–Kier alpha value is -1.43. The predicted octanol–water partition coefficient (Wildman–Crippen LogP) is 1.14. The lowest BCUT2D eigenvalue weighted by Crippen LogP contribution is -2.43. The van der Waals surface area contributed by atoms with E-state index in [0.29, 0.717) is 13.2 Å². The molecule has 2 aliphatic rings. The van der Waals surface area contributed by atoms with E-state index in [1.807, 2.05) is 30.3 Å². The molecule has 5 nitrogen and oxygen atoms in total. The second-order valence-corrected chi connectivity index (χ2v) is 5.67. The summed E-state index contributed by atoms with van der Waals surface area (Å²) in [6, 6.07) is 10.0. The molecule has 0 saturated carbocycles. The van der Waals surface area contributed by atoms with E-state index in [9.17, 15) is 4.79 Å².